The molecular weight excluding hydrogens is 741 g/mol. The Hall–Kier alpha value is -8.14. The van der Waals surface area contributed by atoms with E-state index >= 15 is 0 Å². The van der Waals surface area contributed by atoms with Crippen molar-refractivity contribution in [1.82, 2.24) is 0 Å². The molecule has 1 aromatic heterocycles. The fourth-order valence-electron chi connectivity index (χ4n) is 8.78. The summed E-state index contributed by atoms with van der Waals surface area (Å²) in [4.78, 5) is 4.78. The van der Waals surface area contributed by atoms with Crippen LogP contribution in [0.25, 0.3) is 66.1 Å². The molecule has 0 aliphatic heterocycles. The minimum atomic E-state index is 0.814. The first kappa shape index (κ1) is 36.0. The second-order valence-electron chi connectivity index (χ2n) is 15.3. The summed E-state index contributed by atoms with van der Waals surface area (Å²) >= 11 is 0. The van der Waals surface area contributed by atoms with Crippen molar-refractivity contribution >= 4 is 66.8 Å². The van der Waals surface area contributed by atoms with Crippen LogP contribution in [0.3, 0.4) is 0 Å². The van der Waals surface area contributed by atoms with Gasteiger partial charge < -0.3 is 14.2 Å². The molecule has 0 radical (unpaired) electrons. The molecular formula is C58H40N2O. The summed E-state index contributed by atoms with van der Waals surface area (Å²) in [5, 5.41) is 4.33. The van der Waals surface area contributed by atoms with Crippen molar-refractivity contribution in [2.24, 2.45) is 0 Å². The number of anilines is 6. The minimum absolute atomic E-state index is 0.814. The molecule has 3 heteroatoms. The van der Waals surface area contributed by atoms with E-state index in [0.29, 0.717) is 0 Å². The van der Waals surface area contributed by atoms with Crippen molar-refractivity contribution in [1.29, 1.82) is 0 Å². The first-order valence-corrected chi connectivity index (χ1v) is 20.8. The van der Waals surface area contributed by atoms with Gasteiger partial charge in [-0.3, -0.25) is 0 Å². The van der Waals surface area contributed by atoms with Gasteiger partial charge in [0.05, 0.1) is 17.1 Å². The third-order valence-electron chi connectivity index (χ3n) is 11.6. The summed E-state index contributed by atoms with van der Waals surface area (Å²) in [6.07, 6.45) is 0. The second-order valence-corrected chi connectivity index (χ2v) is 15.3. The molecule has 0 bridgehead atoms. The summed E-state index contributed by atoms with van der Waals surface area (Å²) in [6.45, 7) is 0. The smallest absolute Gasteiger partial charge is 0.159 e. The Morgan fingerprint density at radius 3 is 1.39 bits per heavy atom. The Bertz CT molecular complexity index is 3290. The first-order valence-electron chi connectivity index (χ1n) is 20.8. The molecule has 0 N–H and O–H groups in total. The van der Waals surface area contributed by atoms with E-state index in [9.17, 15) is 0 Å². The molecule has 10 aromatic carbocycles. The van der Waals surface area contributed by atoms with Crippen LogP contribution >= 0.6 is 0 Å². The van der Waals surface area contributed by atoms with Gasteiger partial charge in [0.2, 0.25) is 0 Å². The Morgan fingerprint density at radius 1 is 0.262 bits per heavy atom. The number of nitrogens with zero attached hydrogens (tertiary/aromatic N) is 2. The minimum Gasteiger partial charge on any atom is -0.453 e. The Kier molecular flexibility index (Phi) is 9.18. The molecule has 11 rings (SSSR count). The van der Waals surface area contributed by atoms with Gasteiger partial charge in [0.1, 0.15) is 5.58 Å². The average Bonchev–Trinajstić information content (AvgIpc) is 3.73. The fraction of sp³-hybridized carbons (Fsp3) is 0. The van der Waals surface area contributed by atoms with E-state index in [2.05, 4.69) is 252 Å². The van der Waals surface area contributed by atoms with E-state index in [1.165, 1.54) is 5.56 Å². The van der Waals surface area contributed by atoms with Crippen molar-refractivity contribution in [2.45, 2.75) is 0 Å². The zero-order chi connectivity index (χ0) is 40.5. The van der Waals surface area contributed by atoms with Gasteiger partial charge in [0.25, 0.3) is 0 Å². The molecule has 0 fully saturated rings. The fourth-order valence-corrected chi connectivity index (χ4v) is 8.78. The Balaban J connectivity index is 1.24. The summed E-state index contributed by atoms with van der Waals surface area (Å²) in [6, 6.07) is 86.5. The predicted molar refractivity (Wildman–Crippen MR) is 257 cm³/mol. The van der Waals surface area contributed by atoms with Gasteiger partial charge in [-0.25, -0.2) is 0 Å². The van der Waals surface area contributed by atoms with Crippen LogP contribution in [0.15, 0.2) is 247 Å². The third kappa shape index (κ3) is 6.59. The van der Waals surface area contributed by atoms with E-state index < -0.39 is 0 Å². The highest BCUT2D eigenvalue weighted by Gasteiger charge is 2.26. The van der Waals surface area contributed by atoms with Gasteiger partial charge in [-0.05, 0) is 82.2 Å². The number of hydrogen-bond donors (Lipinski definition) is 0. The summed E-state index contributed by atoms with van der Waals surface area (Å²) in [5.41, 5.74) is 14.7. The maximum atomic E-state index is 7.24. The normalized spacial score (nSPS) is 11.3. The molecule has 0 amide bonds. The third-order valence-corrected chi connectivity index (χ3v) is 11.6. The SMILES string of the molecule is c1ccc(-c2ccc(N(c3ccccc3-c3ccccc3)c3cc(N(c4ccccc4)c4ccccc4-c4ccccc4)cc4c3oc3c5ccccc5ccc43)cc2)cc1. The monoisotopic (exact) mass is 780 g/mol. The van der Waals surface area contributed by atoms with Gasteiger partial charge in [-0.1, -0.05) is 188 Å². The number of fused-ring (bicyclic) bond motifs is 5. The highest BCUT2D eigenvalue weighted by atomic mass is 16.3. The van der Waals surface area contributed by atoms with E-state index in [-0.39, 0.29) is 0 Å². The van der Waals surface area contributed by atoms with Crippen LogP contribution in [-0.2, 0) is 0 Å². The maximum Gasteiger partial charge on any atom is 0.159 e. The highest BCUT2D eigenvalue weighted by molar-refractivity contribution is 6.19. The van der Waals surface area contributed by atoms with E-state index in [1.54, 1.807) is 0 Å². The highest BCUT2D eigenvalue weighted by Crippen LogP contribution is 2.50. The molecule has 11 aromatic rings. The first-order chi connectivity index (χ1) is 30.3. The molecule has 288 valence electrons. The van der Waals surface area contributed by atoms with Crippen molar-refractivity contribution in [3.8, 4) is 33.4 Å². The molecule has 1 heterocycles. The summed E-state index contributed by atoms with van der Waals surface area (Å²) in [7, 11) is 0. The zero-order valence-electron chi connectivity index (χ0n) is 33.4. The quantitative estimate of drug-likeness (QED) is 0.145. The summed E-state index contributed by atoms with van der Waals surface area (Å²) < 4.78 is 7.24. The lowest BCUT2D eigenvalue weighted by atomic mass is 9.99. The number of rotatable bonds is 9. The number of benzene rings is 10. The van der Waals surface area contributed by atoms with Gasteiger partial charge in [0.15, 0.2) is 5.58 Å². The van der Waals surface area contributed by atoms with Crippen LogP contribution in [0.5, 0.6) is 0 Å². The number of para-hydroxylation sites is 3. The van der Waals surface area contributed by atoms with Gasteiger partial charge >= 0.3 is 0 Å². The standard InChI is InChI=1S/C58H40N2O/c1-5-19-41(20-6-1)42-33-36-47(37-34-42)60(55-32-18-16-29-50(55)44-23-9-3-10-24-44)56-40-48(39-53-52-38-35-45-25-13-14-30-51(45)57(52)61-58(53)56)59(46-26-11-4-12-27-46)54-31-17-15-28-49(54)43-21-7-2-8-22-43/h1-40H. The van der Waals surface area contributed by atoms with Crippen LogP contribution in [-0.4, -0.2) is 0 Å². The molecule has 0 unspecified atom stereocenters. The van der Waals surface area contributed by atoms with E-state index in [4.69, 9.17) is 4.42 Å². The van der Waals surface area contributed by atoms with Gasteiger partial charge in [-0.2, -0.15) is 0 Å². The molecule has 3 nitrogen and oxygen atoms in total. The van der Waals surface area contributed by atoms with Crippen molar-refractivity contribution in [2.75, 3.05) is 9.80 Å². The van der Waals surface area contributed by atoms with E-state index in [0.717, 1.165) is 94.7 Å². The molecule has 0 aliphatic carbocycles. The Labute approximate surface area is 355 Å². The van der Waals surface area contributed by atoms with Gasteiger partial charge in [-0.15, -0.1) is 0 Å². The van der Waals surface area contributed by atoms with Crippen molar-refractivity contribution < 1.29 is 4.42 Å². The Morgan fingerprint density at radius 2 is 0.754 bits per heavy atom. The molecule has 0 aliphatic rings. The van der Waals surface area contributed by atoms with Crippen LogP contribution < -0.4 is 9.80 Å². The van der Waals surface area contributed by atoms with Crippen LogP contribution in [0, 0.1) is 0 Å². The predicted octanol–water partition coefficient (Wildman–Crippen LogP) is 16.7. The lowest BCUT2D eigenvalue weighted by Gasteiger charge is -2.31. The van der Waals surface area contributed by atoms with Crippen LogP contribution in [0.4, 0.5) is 34.1 Å². The molecule has 0 spiro atoms. The van der Waals surface area contributed by atoms with Crippen LogP contribution in [0.1, 0.15) is 0 Å². The van der Waals surface area contributed by atoms with Crippen molar-refractivity contribution in [3.63, 3.8) is 0 Å². The summed E-state index contributed by atoms with van der Waals surface area (Å²) in [5.74, 6) is 0. The van der Waals surface area contributed by atoms with Crippen LogP contribution in [0.2, 0.25) is 0 Å². The molecule has 61 heavy (non-hydrogen) atoms. The maximum absolute atomic E-state index is 7.24. The zero-order valence-corrected chi connectivity index (χ0v) is 33.4. The van der Waals surface area contributed by atoms with Gasteiger partial charge in [0, 0.05) is 44.3 Å². The molecule has 0 atom stereocenters. The topological polar surface area (TPSA) is 19.6 Å². The number of furan rings is 1. The lowest BCUT2D eigenvalue weighted by molar-refractivity contribution is 0.673. The van der Waals surface area contributed by atoms with Crippen molar-refractivity contribution in [3.05, 3.63) is 243 Å². The second kappa shape index (κ2) is 15.6. The number of hydrogen-bond acceptors (Lipinski definition) is 3. The lowest BCUT2D eigenvalue weighted by Crippen LogP contribution is -2.14. The molecule has 0 saturated heterocycles. The average molecular weight is 781 g/mol. The molecule has 0 saturated carbocycles. The van der Waals surface area contributed by atoms with E-state index in [1.807, 2.05) is 0 Å². The largest absolute Gasteiger partial charge is 0.453 e.